The first-order valence-electron chi connectivity index (χ1n) is 9.79. The van der Waals surface area contributed by atoms with Gasteiger partial charge in [-0.2, -0.15) is 0 Å². The molecule has 23 heavy (non-hydrogen) atoms. The molecule has 0 bridgehead atoms. The highest BCUT2D eigenvalue weighted by Gasteiger charge is 2.33. The van der Waals surface area contributed by atoms with Gasteiger partial charge in [-0.3, -0.25) is 4.79 Å². The molecule has 4 heteroatoms. The minimum Gasteiger partial charge on any atom is -0.481 e. The number of rotatable bonds is 6. The van der Waals surface area contributed by atoms with E-state index in [2.05, 4.69) is 4.90 Å². The Labute approximate surface area is 140 Å². The van der Waals surface area contributed by atoms with E-state index < -0.39 is 5.97 Å². The second-order valence-electron chi connectivity index (χ2n) is 7.91. The molecule has 1 saturated heterocycles. The molecule has 132 valence electrons. The predicted octanol–water partition coefficient (Wildman–Crippen LogP) is 3.55. The maximum atomic E-state index is 11.1. The summed E-state index contributed by atoms with van der Waals surface area (Å²) < 4.78 is 6.11. The average molecular weight is 323 g/mol. The van der Waals surface area contributed by atoms with Gasteiger partial charge in [-0.05, 0) is 89.1 Å². The third kappa shape index (κ3) is 4.93. The van der Waals surface area contributed by atoms with Crippen LogP contribution < -0.4 is 0 Å². The van der Waals surface area contributed by atoms with Gasteiger partial charge in [-0.1, -0.05) is 0 Å². The Balaban J connectivity index is 1.30. The Morgan fingerprint density at radius 3 is 2.04 bits per heavy atom. The third-order valence-electron chi connectivity index (χ3n) is 6.47. The first-order chi connectivity index (χ1) is 11.2. The fourth-order valence-electron chi connectivity index (χ4n) is 4.92. The summed E-state index contributed by atoms with van der Waals surface area (Å²) in [4.78, 5) is 13.6. The van der Waals surface area contributed by atoms with Crippen LogP contribution in [0.3, 0.4) is 0 Å². The number of hydrogen-bond acceptors (Lipinski definition) is 3. The van der Waals surface area contributed by atoms with Crippen molar-refractivity contribution in [3.63, 3.8) is 0 Å². The van der Waals surface area contributed by atoms with Gasteiger partial charge in [0.05, 0.1) is 18.6 Å². The van der Waals surface area contributed by atoms with E-state index in [1.165, 1.54) is 51.6 Å². The van der Waals surface area contributed by atoms with E-state index in [9.17, 15) is 4.79 Å². The van der Waals surface area contributed by atoms with Crippen molar-refractivity contribution in [1.29, 1.82) is 0 Å². The standard InChI is InChI=1S/C19H33NO3/c21-19(22)17-5-3-15(4-6-17)16-7-9-18(10-8-16)23-14-13-20-11-1-2-12-20/h15-18H,1-14H2,(H,21,22). The van der Waals surface area contributed by atoms with Gasteiger partial charge in [0.25, 0.3) is 0 Å². The molecule has 1 N–H and O–H groups in total. The van der Waals surface area contributed by atoms with Crippen LogP contribution in [-0.4, -0.2) is 48.3 Å². The van der Waals surface area contributed by atoms with Crippen molar-refractivity contribution in [1.82, 2.24) is 4.90 Å². The average Bonchev–Trinajstić information content (AvgIpc) is 3.09. The van der Waals surface area contributed by atoms with E-state index in [0.717, 1.165) is 50.7 Å². The van der Waals surface area contributed by atoms with Gasteiger partial charge in [0.15, 0.2) is 0 Å². The molecule has 1 heterocycles. The number of likely N-dealkylation sites (tertiary alicyclic amines) is 1. The van der Waals surface area contributed by atoms with E-state index >= 15 is 0 Å². The highest BCUT2D eigenvalue weighted by atomic mass is 16.5. The molecule has 0 aromatic rings. The molecule has 3 rings (SSSR count). The first kappa shape index (κ1) is 17.2. The Morgan fingerprint density at radius 1 is 0.913 bits per heavy atom. The van der Waals surface area contributed by atoms with Crippen LogP contribution in [0.5, 0.6) is 0 Å². The monoisotopic (exact) mass is 323 g/mol. The normalized spacial score (nSPS) is 36.2. The largest absolute Gasteiger partial charge is 0.481 e. The van der Waals surface area contributed by atoms with Crippen molar-refractivity contribution in [2.24, 2.45) is 17.8 Å². The van der Waals surface area contributed by atoms with Gasteiger partial charge in [-0.15, -0.1) is 0 Å². The number of ether oxygens (including phenoxy) is 1. The van der Waals surface area contributed by atoms with Crippen LogP contribution in [0.1, 0.15) is 64.2 Å². The second kappa shape index (κ2) is 8.48. The molecule has 4 nitrogen and oxygen atoms in total. The first-order valence-corrected chi connectivity index (χ1v) is 9.79. The zero-order chi connectivity index (χ0) is 16.1. The van der Waals surface area contributed by atoms with E-state index in [0.29, 0.717) is 6.10 Å². The number of carboxylic acids is 1. The van der Waals surface area contributed by atoms with Gasteiger partial charge >= 0.3 is 5.97 Å². The zero-order valence-electron chi connectivity index (χ0n) is 14.4. The summed E-state index contributed by atoms with van der Waals surface area (Å²) in [7, 11) is 0. The molecular weight excluding hydrogens is 290 g/mol. The molecular formula is C19H33NO3. The van der Waals surface area contributed by atoms with Gasteiger partial charge in [0.2, 0.25) is 0 Å². The number of nitrogens with zero attached hydrogens (tertiary/aromatic N) is 1. The molecule has 3 aliphatic rings. The smallest absolute Gasteiger partial charge is 0.306 e. The van der Waals surface area contributed by atoms with Crippen molar-refractivity contribution in [3.8, 4) is 0 Å². The molecule has 0 atom stereocenters. The molecule has 0 spiro atoms. The Morgan fingerprint density at radius 2 is 1.48 bits per heavy atom. The molecule has 2 saturated carbocycles. The topological polar surface area (TPSA) is 49.8 Å². The Bertz CT molecular complexity index is 365. The molecule has 0 aromatic heterocycles. The van der Waals surface area contributed by atoms with Crippen LogP contribution >= 0.6 is 0 Å². The van der Waals surface area contributed by atoms with Gasteiger partial charge in [0, 0.05) is 6.54 Å². The maximum Gasteiger partial charge on any atom is 0.306 e. The Kier molecular flexibility index (Phi) is 6.35. The van der Waals surface area contributed by atoms with Crippen LogP contribution in [0, 0.1) is 17.8 Å². The fraction of sp³-hybridized carbons (Fsp3) is 0.947. The number of aliphatic carboxylic acids is 1. The van der Waals surface area contributed by atoms with Crippen molar-refractivity contribution >= 4 is 5.97 Å². The van der Waals surface area contributed by atoms with E-state index in [1.54, 1.807) is 0 Å². The molecule has 1 aliphatic heterocycles. The molecule has 3 fully saturated rings. The lowest BCUT2D eigenvalue weighted by Crippen LogP contribution is -2.31. The van der Waals surface area contributed by atoms with Crippen molar-refractivity contribution < 1.29 is 14.6 Å². The van der Waals surface area contributed by atoms with Crippen molar-refractivity contribution in [2.45, 2.75) is 70.3 Å². The molecule has 0 radical (unpaired) electrons. The van der Waals surface area contributed by atoms with Crippen molar-refractivity contribution in [3.05, 3.63) is 0 Å². The lowest BCUT2D eigenvalue weighted by atomic mass is 9.70. The highest BCUT2D eigenvalue weighted by Crippen LogP contribution is 2.40. The van der Waals surface area contributed by atoms with Crippen molar-refractivity contribution in [2.75, 3.05) is 26.2 Å². The number of carbonyl (C=O) groups is 1. The van der Waals surface area contributed by atoms with E-state index in [4.69, 9.17) is 9.84 Å². The lowest BCUT2D eigenvalue weighted by Gasteiger charge is -2.37. The summed E-state index contributed by atoms with van der Waals surface area (Å²) in [5, 5.41) is 9.11. The summed E-state index contributed by atoms with van der Waals surface area (Å²) >= 11 is 0. The van der Waals surface area contributed by atoms with Gasteiger partial charge in [-0.25, -0.2) is 0 Å². The molecule has 0 aromatic carbocycles. The molecule has 2 aliphatic carbocycles. The van der Waals surface area contributed by atoms with Gasteiger partial charge < -0.3 is 14.7 Å². The van der Waals surface area contributed by atoms with E-state index in [1.807, 2.05) is 0 Å². The van der Waals surface area contributed by atoms with Crippen LogP contribution in [0.15, 0.2) is 0 Å². The zero-order valence-corrected chi connectivity index (χ0v) is 14.4. The summed E-state index contributed by atoms with van der Waals surface area (Å²) in [6.07, 6.45) is 12.2. The maximum absolute atomic E-state index is 11.1. The predicted molar refractivity (Wildman–Crippen MR) is 90.5 cm³/mol. The summed E-state index contributed by atoms with van der Waals surface area (Å²) in [6, 6.07) is 0. The number of hydrogen-bond donors (Lipinski definition) is 1. The minimum absolute atomic E-state index is 0.0727. The quantitative estimate of drug-likeness (QED) is 0.812. The SMILES string of the molecule is O=C(O)C1CCC(C2CCC(OCCN3CCCC3)CC2)CC1. The van der Waals surface area contributed by atoms with E-state index in [-0.39, 0.29) is 5.92 Å². The molecule has 0 amide bonds. The second-order valence-corrected chi connectivity index (χ2v) is 7.91. The third-order valence-corrected chi connectivity index (χ3v) is 6.47. The van der Waals surface area contributed by atoms with Crippen LogP contribution in [0.2, 0.25) is 0 Å². The van der Waals surface area contributed by atoms with Crippen LogP contribution in [-0.2, 0) is 9.53 Å². The lowest BCUT2D eigenvalue weighted by molar-refractivity contribution is -0.143. The summed E-state index contributed by atoms with van der Waals surface area (Å²) in [5.74, 6) is 0.939. The summed E-state index contributed by atoms with van der Waals surface area (Å²) in [6.45, 7) is 4.53. The van der Waals surface area contributed by atoms with Crippen LogP contribution in [0.4, 0.5) is 0 Å². The summed E-state index contributed by atoms with van der Waals surface area (Å²) in [5.41, 5.74) is 0. The van der Waals surface area contributed by atoms with Crippen LogP contribution in [0.25, 0.3) is 0 Å². The fourth-order valence-corrected chi connectivity index (χ4v) is 4.92. The van der Waals surface area contributed by atoms with Gasteiger partial charge in [0.1, 0.15) is 0 Å². The number of carboxylic acid groups (broad SMARTS) is 1. The minimum atomic E-state index is -0.585. The highest BCUT2D eigenvalue weighted by molar-refractivity contribution is 5.69. The Hall–Kier alpha value is -0.610. The molecule has 0 unspecified atom stereocenters.